The zero-order valence-electron chi connectivity index (χ0n) is 21.0. The van der Waals surface area contributed by atoms with Crippen LogP contribution in [0.1, 0.15) is 12.7 Å². The lowest BCUT2D eigenvalue weighted by atomic mass is 9.94. The van der Waals surface area contributed by atoms with E-state index in [1.54, 1.807) is 0 Å². The Hall–Kier alpha value is -4.96. The van der Waals surface area contributed by atoms with Crippen LogP contribution in [0.5, 0.6) is 0 Å². The lowest BCUT2D eigenvalue weighted by Crippen LogP contribution is -2.19. The third-order valence-electron chi connectivity index (χ3n) is 7.68. The van der Waals surface area contributed by atoms with E-state index < -0.39 is 0 Å². The van der Waals surface area contributed by atoms with Crippen LogP contribution in [-0.4, -0.2) is 14.5 Å². The summed E-state index contributed by atoms with van der Waals surface area (Å²) in [5, 5.41) is 3.54. The van der Waals surface area contributed by atoms with Crippen LogP contribution in [0.15, 0.2) is 115 Å². The Morgan fingerprint density at radius 2 is 1.53 bits per heavy atom. The van der Waals surface area contributed by atoms with E-state index in [0.29, 0.717) is 0 Å². The van der Waals surface area contributed by atoms with Crippen molar-refractivity contribution in [2.24, 2.45) is 0 Å². The first-order valence-electron chi connectivity index (χ1n) is 13.1. The molecule has 1 aliphatic rings. The molecular formula is C34H24N4. The number of aryl methyl sites for hydroxylation is 1. The monoisotopic (exact) mass is 488 g/mol. The van der Waals surface area contributed by atoms with Crippen molar-refractivity contribution in [1.82, 2.24) is 14.5 Å². The van der Waals surface area contributed by atoms with E-state index in [2.05, 4.69) is 120 Å². The number of anilines is 3. The number of pyridine rings is 1. The van der Waals surface area contributed by atoms with E-state index in [1.807, 2.05) is 12.3 Å². The molecule has 0 spiro atoms. The van der Waals surface area contributed by atoms with Gasteiger partial charge in [-0.15, -0.1) is 0 Å². The Labute approximate surface area is 220 Å². The van der Waals surface area contributed by atoms with Crippen LogP contribution < -0.4 is 4.90 Å². The zero-order chi connectivity index (χ0) is 25.2. The van der Waals surface area contributed by atoms with Crippen molar-refractivity contribution in [3.8, 4) is 16.8 Å². The molecule has 0 bridgehead atoms. The van der Waals surface area contributed by atoms with Gasteiger partial charge in [-0.05, 0) is 65.0 Å². The van der Waals surface area contributed by atoms with Gasteiger partial charge in [-0.3, -0.25) is 9.55 Å². The van der Waals surface area contributed by atoms with Gasteiger partial charge < -0.3 is 4.90 Å². The number of imidazole rings is 1. The summed E-state index contributed by atoms with van der Waals surface area (Å²) in [5.74, 6) is 1.07. The predicted octanol–water partition coefficient (Wildman–Crippen LogP) is 8.74. The fourth-order valence-electron chi connectivity index (χ4n) is 6.03. The minimum atomic E-state index is 0.853. The molecule has 3 heterocycles. The van der Waals surface area contributed by atoms with Gasteiger partial charge in [-0.25, -0.2) is 4.98 Å². The van der Waals surface area contributed by atoms with Gasteiger partial charge in [0.1, 0.15) is 5.82 Å². The van der Waals surface area contributed by atoms with Crippen molar-refractivity contribution in [2.45, 2.75) is 13.3 Å². The molecule has 0 atom stereocenters. The molecule has 1 aliphatic heterocycles. The molecule has 0 aliphatic carbocycles. The summed E-state index contributed by atoms with van der Waals surface area (Å²) < 4.78 is 2.37. The van der Waals surface area contributed by atoms with E-state index in [4.69, 9.17) is 9.97 Å². The maximum Gasteiger partial charge on any atom is 0.114 e. The third-order valence-corrected chi connectivity index (χ3v) is 7.68. The van der Waals surface area contributed by atoms with Gasteiger partial charge in [-0.2, -0.15) is 0 Å². The molecule has 7 aromatic rings. The van der Waals surface area contributed by atoms with Gasteiger partial charge in [0.15, 0.2) is 0 Å². The van der Waals surface area contributed by atoms with Crippen molar-refractivity contribution in [2.75, 3.05) is 4.90 Å². The first kappa shape index (κ1) is 21.2. The van der Waals surface area contributed by atoms with Gasteiger partial charge in [-0.1, -0.05) is 67.6 Å². The highest BCUT2D eigenvalue weighted by Crippen LogP contribution is 2.48. The third kappa shape index (κ3) is 2.91. The minimum Gasteiger partial charge on any atom is -0.306 e. The molecule has 8 rings (SSSR count). The molecule has 0 N–H and O–H groups in total. The van der Waals surface area contributed by atoms with Gasteiger partial charge in [0.2, 0.25) is 0 Å². The van der Waals surface area contributed by atoms with Crippen LogP contribution in [0.25, 0.3) is 49.5 Å². The number of hydrogen-bond acceptors (Lipinski definition) is 3. The maximum absolute atomic E-state index is 5.05. The quantitative estimate of drug-likeness (QED) is 0.233. The van der Waals surface area contributed by atoms with Crippen LogP contribution in [0.3, 0.4) is 0 Å². The summed E-state index contributed by atoms with van der Waals surface area (Å²) in [6.45, 7) is 2.18. The van der Waals surface area contributed by atoms with E-state index in [9.17, 15) is 0 Å². The lowest BCUT2D eigenvalue weighted by molar-refractivity contribution is 0.900. The molecule has 5 aromatic carbocycles. The average Bonchev–Trinajstić information content (AvgIpc) is 3.37. The lowest BCUT2D eigenvalue weighted by Gasteiger charge is -2.33. The Kier molecular flexibility index (Phi) is 4.47. The Morgan fingerprint density at radius 1 is 0.684 bits per heavy atom. The number of nitrogens with zero attached hydrogens (tertiary/aromatic N) is 4. The number of fused-ring (bicyclic) bond motifs is 5. The second-order valence-electron chi connectivity index (χ2n) is 9.78. The number of para-hydroxylation sites is 2. The fourth-order valence-corrected chi connectivity index (χ4v) is 6.03. The van der Waals surface area contributed by atoms with E-state index in [1.165, 1.54) is 21.9 Å². The molecule has 180 valence electrons. The second kappa shape index (κ2) is 8.02. The Morgan fingerprint density at radius 3 is 2.42 bits per heavy atom. The SMILES string of the molecule is CCc1nc2cccc3c2n1-c1cc(-c2cc4ccccc4c4ncccc24)ccc1N3c1ccccc1. The first-order valence-corrected chi connectivity index (χ1v) is 13.1. The van der Waals surface area contributed by atoms with Crippen molar-refractivity contribution in [1.29, 1.82) is 0 Å². The standard InChI is InChI=1S/C34H24N4/c1-2-32-36-28-15-8-16-30-34(28)38(32)31-21-23(17-18-29(31)37(30)24-11-4-3-5-12-24)27-20-22-10-6-7-13-25(22)33-26(27)14-9-19-35-33/h3-21H,2H2,1H3. The van der Waals surface area contributed by atoms with Gasteiger partial charge in [0.25, 0.3) is 0 Å². The topological polar surface area (TPSA) is 34.0 Å². The van der Waals surface area contributed by atoms with Crippen molar-refractivity contribution < 1.29 is 0 Å². The van der Waals surface area contributed by atoms with Crippen molar-refractivity contribution in [3.63, 3.8) is 0 Å². The minimum absolute atomic E-state index is 0.853. The van der Waals surface area contributed by atoms with Gasteiger partial charge in [0.05, 0.1) is 33.6 Å². The van der Waals surface area contributed by atoms with E-state index in [-0.39, 0.29) is 0 Å². The summed E-state index contributed by atoms with van der Waals surface area (Å²) in [5.41, 5.74) is 10.2. The molecule has 0 fully saturated rings. The van der Waals surface area contributed by atoms with Crippen LogP contribution in [0, 0.1) is 0 Å². The molecule has 0 amide bonds. The molecule has 0 radical (unpaired) electrons. The van der Waals surface area contributed by atoms with Crippen LogP contribution in [-0.2, 0) is 6.42 Å². The van der Waals surface area contributed by atoms with E-state index >= 15 is 0 Å². The predicted molar refractivity (Wildman–Crippen MR) is 157 cm³/mol. The maximum atomic E-state index is 5.05. The summed E-state index contributed by atoms with van der Waals surface area (Å²) >= 11 is 0. The Balaban J connectivity index is 1.46. The summed E-state index contributed by atoms with van der Waals surface area (Å²) in [4.78, 5) is 12.2. The largest absolute Gasteiger partial charge is 0.306 e. The molecular weight excluding hydrogens is 464 g/mol. The molecule has 0 saturated heterocycles. The highest BCUT2D eigenvalue weighted by atomic mass is 15.2. The van der Waals surface area contributed by atoms with Crippen LogP contribution in [0.2, 0.25) is 0 Å². The normalized spacial score (nSPS) is 12.4. The smallest absolute Gasteiger partial charge is 0.114 e. The fraction of sp³-hybridized carbons (Fsp3) is 0.0588. The van der Waals surface area contributed by atoms with Gasteiger partial charge in [0, 0.05) is 29.1 Å². The number of rotatable bonds is 3. The second-order valence-corrected chi connectivity index (χ2v) is 9.78. The molecule has 0 unspecified atom stereocenters. The molecule has 4 nitrogen and oxygen atoms in total. The van der Waals surface area contributed by atoms with Crippen molar-refractivity contribution in [3.05, 3.63) is 121 Å². The Bertz CT molecular complexity index is 2020. The van der Waals surface area contributed by atoms with E-state index in [0.717, 1.165) is 56.9 Å². The van der Waals surface area contributed by atoms with Crippen LogP contribution >= 0.6 is 0 Å². The van der Waals surface area contributed by atoms with Crippen LogP contribution in [0.4, 0.5) is 17.1 Å². The molecule has 38 heavy (non-hydrogen) atoms. The van der Waals surface area contributed by atoms with Gasteiger partial charge >= 0.3 is 0 Å². The molecule has 0 saturated carbocycles. The first-order chi connectivity index (χ1) is 18.8. The number of benzene rings is 5. The summed E-state index contributed by atoms with van der Waals surface area (Å²) in [6, 6.07) is 38.9. The number of hydrogen-bond donors (Lipinski definition) is 0. The highest BCUT2D eigenvalue weighted by molar-refractivity contribution is 6.12. The zero-order valence-corrected chi connectivity index (χ0v) is 21.0. The summed E-state index contributed by atoms with van der Waals surface area (Å²) in [7, 11) is 0. The molecule has 2 aromatic heterocycles. The van der Waals surface area contributed by atoms with Crippen molar-refractivity contribution >= 4 is 49.8 Å². The number of aromatic nitrogens is 3. The highest BCUT2D eigenvalue weighted by Gasteiger charge is 2.29. The average molecular weight is 489 g/mol. The summed E-state index contributed by atoms with van der Waals surface area (Å²) in [6.07, 6.45) is 2.74. The molecule has 4 heteroatoms.